The van der Waals surface area contributed by atoms with E-state index in [0.717, 1.165) is 89.4 Å². The van der Waals surface area contributed by atoms with Crippen molar-refractivity contribution in [1.29, 1.82) is 0 Å². The minimum absolute atomic E-state index is 0.569. The number of rotatable bonds is 7. The maximum Gasteiger partial charge on any atom is 0.164 e. The molecule has 0 saturated heterocycles. The smallest absolute Gasteiger partial charge is 0.164 e. The van der Waals surface area contributed by atoms with E-state index in [1.54, 1.807) is 0 Å². The van der Waals surface area contributed by atoms with E-state index in [1.807, 2.05) is 109 Å². The molecule has 1 aliphatic carbocycles. The quantitative estimate of drug-likeness (QED) is 0.158. The fraction of sp³-hybridized carbons (Fsp3) is 0.0164. The van der Waals surface area contributed by atoms with Gasteiger partial charge in [0.05, 0.1) is 5.41 Å². The number of fused-ring (bicyclic) bond motifs is 9. The molecule has 11 aromatic rings. The van der Waals surface area contributed by atoms with Crippen molar-refractivity contribution in [3.05, 3.63) is 253 Å². The van der Waals surface area contributed by atoms with E-state index in [1.165, 1.54) is 0 Å². The third kappa shape index (κ3) is 6.43. The van der Waals surface area contributed by atoms with Crippen LogP contribution < -0.4 is 4.74 Å². The zero-order valence-corrected chi connectivity index (χ0v) is 36.5. The molecule has 13 rings (SSSR count). The van der Waals surface area contributed by atoms with Crippen LogP contribution in [0.5, 0.6) is 11.5 Å². The Morgan fingerprint density at radius 1 is 0.250 bits per heavy atom. The van der Waals surface area contributed by atoms with Crippen molar-refractivity contribution in [2.75, 3.05) is 0 Å². The van der Waals surface area contributed by atoms with Gasteiger partial charge in [-0.05, 0) is 57.6 Å². The molecule has 7 heteroatoms. The molecule has 2 aromatic heterocycles. The Hall–Kier alpha value is -9.20. The summed E-state index contributed by atoms with van der Waals surface area (Å²) >= 11 is 0. The van der Waals surface area contributed by atoms with Gasteiger partial charge < -0.3 is 4.74 Å². The molecule has 3 heterocycles. The Kier molecular flexibility index (Phi) is 9.25. The first kappa shape index (κ1) is 39.2. The fourth-order valence-corrected chi connectivity index (χ4v) is 10.0. The van der Waals surface area contributed by atoms with E-state index in [4.69, 9.17) is 34.6 Å². The topological polar surface area (TPSA) is 86.6 Å². The maximum atomic E-state index is 6.76. The van der Waals surface area contributed by atoms with Crippen LogP contribution in [0.2, 0.25) is 0 Å². The van der Waals surface area contributed by atoms with E-state index in [-0.39, 0.29) is 0 Å². The molecular weight excluding hydrogens is 833 g/mol. The van der Waals surface area contributed by atoms with Crippen molar-refractivity contribution in [2.24, 2.45) is 0 Å². The Balaban J connectivity index is 1.07. The summed E-state index contributed by atoms with van der Waals surface area (Å²) in [6, 6.07) is 79.1. The van der Waals surface area contributed by atoms with Crippen LogP contribution in [0.25, 0.3) is 90.6 Å². The van der Waals surface area contributed by atoms with Gasteiger partial charge in [0.1, 0.15) is 11.5 Å². The lowest BCUT2D eigenvalue weighted by molar-refractivity contribution is 0.436. The molecule has 1 spiro atoms. The molecule has 0 amide bonds. The summed E-state index contributed by atoms with van der Waals surface area (Å²) in [5.41, 5.74) is 13.2. The van der Waals surface area contributed by atoms with E-state index >= 15 is 0 Å². The van der Waals surface area contributed by atoms with Crippen LogP contribution in [-0.2, 0) is 5.41 Å². The van der Waals surface area contributed by atoms with Crippen LogP contribution in [-0.4, -0.2) is 29.9 Å². The third-order valence-electron chi connectivity index (χ3n) is 13.1. The second kappa shape index (κ2) is 16.0. The van der Waals surface area contributed by atoms with Gasteiger partial charge in [-0.25, -0.2) is 29.9 Å². The van der Waals surface area contributed by atoms with Gasteiger partial charge in [-0.1, -0.05) is 206 Å². The molecular formula is C61H38N6O. The summed E-state index contributed by atoms with van der Waals surface area (Å²) in [6.45, 7) is 0. The number of ether oxygens (including phenoxy) is 1. The third-order valence-corrected chi connectivity index (χ3v) is 13.1. The van der Waals surface area contributed by atoms with Crippen LogP contribution in [0.15, 0.2) is 231 Å². The zero-order valence-electron chi connectivity index (χ0n) is 36.5. The summed E-state index contributed by atoms with van der Waals surface area (Å²) in [7, 11) is 0. The van der Waals surface area contributed by atoms with Crippen LogP contribution in [0.1, 0.15) is 22.3 Å². The number of hydrogen-bond acceptors (Lipinski definition) is 7. The first-order chi connectivity index (χ1) is 33.7. The largest absolute Gasteiger partial charge is 0.457 e. The predicted molar refractivity (Wildman–Crippen MR) is 269 cm³/mol. The summed E-state index contributed by atoms with van der Waals surface area (Å²) < 4.78 is 6.76. The molecule has 318 valence electrons. The van der Waals surface area contributed by atoms with Gasteiger partial charge in [-0.15, -0.1) is 0 Å². The first-order valence-electron chi connectivity index (χ1n) is 22.7. The van der Waals surface area contributed by atoms with Gasteiger partial charge in [0.2, 0.25) is 0 Å². The number of hydrogen-bond donors (Lipinski definition) is 0. The molecule has 0 N–H and O–H groups in total. The SMILES string of the molecule is c1ccc(-c2cccc(-c3nc(-c4ccccc4)nc(-c4ccc5c(c4)C4(c6ccccc6Oc6ccccc64)c4cccc(-c6nc(-c7ccccc7)nc(-c7ccccc7)n6)c4-5)n3)c2)cc1. The molecule has 2 aliphatic rings. The second-order valence-electron chi connectivity index (χ2n) is 17.0. The van der Waals surface area contributed by atoms with Crippen molar-refractivity contribution in [1.82, 2.24) is 29.9 Å². The molecule has 0 saturated carbocycles. The van der Waals surface area contributed by atoms with E-state index < -0.39 is 5.41 Å². The highest BCUT2D eigenvalue weighted by Crippen LogP contribution is 2.63. The summed E-state index contributed by atoms with van der Waals surface area (Å²) in [4.78, 5) is 31.2. The highest BCUT2D eigenvalue weighted by atomic mass is 16.5. The van der Waals surface area contributed by atoms with Gasteiger partial charge in [0.25, 0.3) is 0 Å². The molecule has 0 atom stereocenters. The van der Waals surface area contributed by atoms with Crippen molar-refractivity contribution in [2.45, 2.75) is 5.41 Å². The standard InChI is InChI=1S/C61H38N6O/c1-5-19-39(20-6-1)43-27-17-28-44(37-43)58-63-55(40-21-7-2-8-22-40)64-59(65-58)45-35-36-46-51(38-45)61(48-30-13-15-33-52(48)68-53-34-16-14-31-49(53)61)50-32-18-29-47(54(46)50)60-66-56(41-23-9-3-10-24-41)62-57(67-60)42-25-11-4-12-26-42/h1-38H. The van der Waals surface area contributed by atoms with Gasteiger partial charge >= 0.3 is 0 Å². The molecule has 9 aromatic carbocycles. The van der Waals surface area contributed by atoms with Crippen molar-refractivity contribution in [3.63, 3.8) is 0 Å². The zero-order chi connectivity index (χ0) is 45.0. The Bertz CT molecular complexity index is 3610. The van der Waals surface area contributed by atoms with Crippen molar-refractivity contribution < 1.29 is 4.74 Å². The maximum absolute atomic E-state index is 6.76. The Labute approximate surface area is 393 Å². The second-order valence-corrected chi connectivity index (χ2v) is 17.0. The summed E-state index contributed by atoms with van der Waals surface area (Å²) in [6.07, 6.45) is 0. The summed E-state index contributed by atoms with van der Waals surface area (Å²) in [5.74, 6) is 5.14. The van der Waals surface area contributed by atoms with Gasteiger partial charge in [0.15, 0.2) is 34.9 Å². The van der Waals surface area contributed by atoms with Gasteiger partial charge in [-0.3, -0.25) is 0 Å². The number of nitrogens with zero attached hydrogens (tertiary/aromatic N) is 6. The molecule has 1 aliphatic heterocycles. The lowest BCUT2D eigenvalue weighted by Crippen LogP contribution is -2.32. The van der Waals surface area contributed by atoms with E-state index in [9.17, 15) is 0 Å². The average Bonchev–Trinajstić information content (AvgIpc) is 3.71. The Morgan fingerprint density at radius 3 is 1.19 bits per heavy atom. The molecule has 0 bridgehead atoms. The molecule has 0 radical (unpaired) electrons. The Morgan fingerprint density at radius 2 is 0.647 bits per heavy atom. The van der Waals surface area contributed by atoms with E-state index in [0.29, 0.717) is 34.9 Å². The monoisotopic (exact) mass is 870 g/mol. The number of para-hydroxylation sites is 2. The average molecular weight is 871 g/mol. The van der Waals surface area contributed by atoms with Crippen LogP contribution in [0.3, 0.4) is 0 Å². The normalized spacial score (nSPS) is 12.6. The van der Waals surface area contributed by atoms with Gasteiger partial charge in [-0.2, -0.15) is 0 Å². The lowest BCUT2D eigenvalue weighted by atomic mass is 9.66. The number of benzene rings is 9. The van der Waals surface area contributed by atoms with Crippen molar-refractivity contribution >= 4 is 0 Å². The molecule has 68 heavy (non-hydrogen) atoms. The molecule has 7 nitrogen and oxygen atoms in total. The van der Waals surface area contributed by atoms with Gasteiger partial charge in [0, 0.05) is 44.5 Å². The summed E-state index contributed by atoms with van der Waals surface area (Å²) in [5, 5.41) is 0. The van der Waals surface area contributed by atoms with E-state index in [2.05, 4.69) is 121 Å². The number of aromatic nitrogens is 6. The minimum atomic E-state index is -0.804. The predicted octanol–water partition coefficient (Wildman–Crippen LogP) is 14.2. The van der Waals surface area contributed by atoms with Crippen LogP contribution in [0, 0.1) is 0 Å². The van der Waals surface area contributed by atoms with Crippen molar-refractivity contribution in [3.8, 4) is 102 Å². The highest BCUT2D eigenvalue weighted by molar-refractivity contribution is 5.96. The van der Waals surface area contributed by atoms with Crippen LogP contribution >= 0.6 is 0 Å². The fourth-order valence-electron chi connectivity index (χ4n) is 10.0. The molecule has 0 unspecified atom stereocenters. The lowest BCUT2D eigenvalue weighted by Gasteiger charge is -2.39. The first-order valence-corrected chi connectivity index (χ1v) is 22.7. The molecule has 0 fully saturated rings. The highest BCUT2D eigenvalue weighted by Gasteiger charge is 2.52. The van der Waals surface area contributed by atoms with Crippen LogP contribution in [0.4, 0.5) is 0 Å². The minimum Gasteiger partial charge on any atom is -0.457 e.